The van der Waals surface area contributed by atoms with Gasteiger partial charge in [-0.15, -0.1) is 0 Å². The van der Waals surface area contributed by atoms with Gasteiger partial charge in [-0.25, -0.2) is 4.98 Å². The van der Waals surface area contributed by atoms with Crippen LogP contribution >= 0.6 is 0 Å². The predicted molar refractivity (Wildman–Crippen MR) is 111 cm³/mol. The van der Waals surface area contributed by atoms with E-state index in [1.807, 2.05) is 26.8 Å². The summed E-state index contributed by atoms with van der Waals surface area (Å²) < 4.78 is 10.7. The van der Waals surface area contributed by atoms with Gasteiger partial charge in [0.05, 0.1) is 19.8 Å². The summed E-state index contributed by atoms with van der Waals surface area (Å²) in [7, 11) is 1.59. The molecule has 0 bridgehead atoms. The van der Waals surface area contributed by atoms with Gasteiger partial charge in [0, 0.05) is 11.5 Å². The zero-order valence-electron chi connectivity index (χ0n) is 17.4. The van der Waals surface area contributed by atoms with Crippen LogP contribution in [0.5, 0.6) is 17.4 Å². The summed E-state index contributed by atoms with van der Waals surface area (Å²) in [5.41, 5.74) is 0.498. The van der Waals surface area contributed by atoms with Gasteiger partial charge in [-0.05, 0) is 43.7 Å². The third-order valence-corrected chi connectivity index (χ3v) is 4.52. The minimum atomic E-state index is 0.0277. The molecule has 1 aliphatic carbocycles. The fraction of sp³-hybridized carbons (Fsp3) is 0.591. The number of fused-ring (bicyclic) bond motifs is 1. The van der Waals surface area contributed by atoms with E-state index < -0.39 is 0 Å². The van der Waals surface area contributed by atoms with Crippen molar-refractivity contribution in [2.45, 2.75) is 65.9 Å². The summed E-state index contributed by atoms with van der Waals surface area (Å²) >= 11 is 0. The predicted octanol–water partition coefficient (Wildman–Crippen LogP) is 5.32. The molecule has 0 aliphatic heterocycles. The van der Waals surface area contributed by atoms with E-state index in [1.54, 1.807) is 25.3 Å². The number of rotatable bonds is 5. The summed E-state index contributed by atoms with van der Waals surface area (Å²) in [6, 6.07) is 6.94. The van der Waals surface area contributed by atoms with Crippen LogP contribution in [0.25, 0.3) is 10.9 Å². The first-order valence-electron chi connectivity index (χ1n) is 10.1. The Morgan fingerprint density at radius 1 is 1.19 bits per heavy atom. The molecule has 0 saturated heterocycles. The lowest BCUT2D eigenvalue weighted by Crippen LogP contribution is -1.98. The maximum absolute atomic E-state index is 9.77. The lowest BCUT2D eigenvalue weighted by Gasteiger charge is -2.10. The summed E-state index contributed by atoms with van der Waals surface area (Å²) in [6.07, 6.45) is 5.52. The van der Waals surface area contributed by atoms with E-state index >= 15 is 0 Å². The van der Waals surface area contributed by atoms with E-state index in [-0.39, 0.29) is 11.9 Å². The number of phenolic OH excluding ortho intramolecular Hbond substituents is 1. The fourth-order valence-corrected chi connectivity index (χ4v) is 3.05. The van der Waals surface area contributed by atoms with Crippen molar-refractivity contribution in [2.75, 3.05) is 13.7 Å². The van der Waals surface area contributed by atoms with Gasteiger partial charge in [0.1, 0.15) is 17.0 Å². The summed E-state index contributed by atoms with van der Waals surface area (Å²) in [5, 5.41) is 19.6. The molecular weight excluding hydrogens is 342 g/mol. The molecule has 27 heavy (non-hydrogen) atoms. The number of benzene rings is 1. The Balaban J connectivity index is 0.000000305. The van der Waals surface area contributed by atoms with Crippen LogP contribution in [0.3, 0.4) is 0 Å². The molecule has 1 aliphatic rings. The fourth-order valence-electron chi connectivity index (χ4n) is 3.05. The lowest BCUT2D eigenvalue weighted by molar-refractivity contribution is 0.177. The Labute approximate surface area is 163 Å². The molecule has 5 heteroatoms. The second kappa shape index (κ2) is 12.4. The van der Waals surface area contributed by atoms with Gasteiger partial charge in [-0.2, -0.15) is 0 Å². The third kappa shape index (κ3) is 6.90. The highest BCUT2D eigenvalue weighted by Gasteiger charge is 2.20. The number of hydrogen-bond donors (Lipinski definition) is 2. The monoisotopic (exact) mass is 377 g/mol. The normalized spacial score (nSPS) is 18.1. The Morgan fingerprint density at radius 3 is 2.44 bits per heavy atom. The van der Waals surface area contributed by atoms with Crippen molar-refractivity contribution < 1.29 is 19.7 Å². The topological polar surface area (TPSA) is 71.8 Å². The van der Waals surface area contributed by atoms with Crippen LogP contribution in [0.15, 0.2) is 24.3 Å². The molecule has 2 unspecified atom stereocenters. The van der Waals surface area contributed by atoms with Gasteiger partial charge >= 0.3 is 0 Å². The van der Waals surface area contributed by atoms with Gasteiger partial charge in [-0.1, -0.05) is 40.2 Å². The summed E-state index contributed by atoms with van der Waals surface area (Å²) in [5.74, 6) is 2.07. The van der Waals surface area contributed by atoms with Gasteiger partial charge in [-0.3, -0.25) is 0 Å². The first-order valence-corrected chi connectivity index (χ1v) is 10.1. The maximum atomic E-state index is 9.77. The van der Waals surface area contributed by atoms with Crippen molar-refractivity contribution >= 4 is 10.9 Å². The number of phenols is 1. The highest BCUT2D eigenvalue weighted by molar-refractivity contribution is 5.90. The van der Waals surface area contributed by atoms with E-state index in [0.717, 1.165) is 30.6 Å². The van der Waals surface area contributed by atoms with Crippen molar-refractivity contribution in [3.05, 3.63) is 24.3 Å². The molecule has 5 nitrogen and oxygen atoms in total. The highest BCUT2D eigenvalue weighted by Crippen LogP contribution is 2.32. The minimum Gasteiger partial charge on any atom is -0.506 e. The quantitative estimate of drug-likeness (QED) is 0.738. The average Bonchev–Trinajstić information content (AvgIpc) is 3.14. The molecule has 2 atom stereocenters. The van der Waals surface area contributed by atoms with Crippen LogP contribution in [0.1, 0.15) is 59.8 Å². The van der Waals surface area contributed by atoms with Gasteiger partial charge in [0.2, 0.25) is 5.88 Å². The molecule has 1 saturated carbocycles. The Morgan fingerprint density at radius 2 is 1.93 bits per heavy atom. The van der Waals surface area contributed by atoms with Crippen LogP contribution in [-0.2, 0) is 0 Å². The van der Waals surface area contributed by atoms with Crippen molar-refractivity contribution in [1.29, 1.82) is 0 Å². The largest absolute Gasteiger partial charge is 0.506 e. The molecule has 3 rings (SSSR count). The van der Waals surface area contributed by atoms with Crippen molar-refractivity contribution in [1.82, 2.24) is 4.98 Å². The Bertz CT molecular complexity index is 675. The number of hydrogen-bond acceptors (Lipinski definition) is 5. The van der Waals surface area contributed by atoms with E-state index in [1.165, 1.54) is 12.8 Å². The van der Waals surface area contributed by atoms with Crippen LogP contribution in [0.4, 0.5) is 0 Å². The Kier molecular flexibility index (Phi) is 10.6. The van der Waals surface area contributed by atoms with Crippen LogP contribution in [-0.4, -0.2) is 35.0 Å². The van der Waals surface area contributed by atoms with Crippen LogP contribution in [0.2, 0.25) is 0 Å². The number of aromatic nitrogens is 1. The lowest BCUT2D eigenvalue weighted by atomic mass is 10.1. The first-order chi connectivity index (χ1) is 13.1. The molecule has 1 aromatic heterocycles. The molecule has 2 N–H and O–H groups in total. The molecule has 1 heterocycles. The second-order valence-electron chi connectivity index (χ2n) is 6.43. The smallest absolute Gasteiger partial charge is 0.217 e. The average molecular weight is 378 g/mol. The van der Waals surface area contributed by atoms with E-state index in [4.69, 9.17) is 14.6 Å². The molecule has 1 fully saturated rings. The zero-order chi connectivity index (χ0) is 20.2. The number of methoxy groups -OCH3 is 1. The van der Waals surface area contributed by atoms with Crippen LogP contribution < -0.4 is 9.47 Å². The molecule has 0 amide bonds. The number of pyridine rings is 1. The molecular formula is C22H35NO4. The Hall–Kier alpha value is -2.01. The molecule has 152 valence electrons. The summed E-state index contributed by atoms with van der Waals surface area (Å²) in [4.78, 5) is 4.27. The minimum absolute atomic E-state index is 0.0277. The van der Waals surface area contributed by atoms with E-state index in [0.29, 0.717) is 23.8 Å². The summed E-state index contributed by atoms with van der Waals surface area (Å²) in [6.45, 7) is 8.81. The number of aliphatic hydroxyl groups is 1. The maximum Gasteiger partial charge on any atom is 0.217 e. The van der Waals surface area contributed by atoms with Crippen LogP contribution in [0, 0.1) is 5.92 Å². The zero-order valence-corrected chi connectivity index (χ0v) is 17.4. The SMILES string of the molecule is CC.CCC1CCC(O)C1.CCCOc1cc(OC)c2cccc(O)c2n1. The van der Waals surface area contributed by atoms with Crippen molar-refractivity contribution in [3.8, 4) is 17.4 Å². The molecule has 2 aromatic rings. The molecule has 0 radical (unpaired) electrons. The van der Waals surface area contributed by atoms with Gasteiger partial charge in [0.15, 0.2) is 0 Å². The van der Waals surface area contributed by atoms with Gasteiger partial charge < -0.3 is 19.7 Å². The van der Waals surface area contributed by atoms with Crippen molar-refractivity contribution in [2.24, 2.45) is 5.92 Å². The van der Waals surface area contributed by atoms with Gasteiger partial charge in [0.25, 0.3) is 0 Å². The number of ether oxygens (including phenoxy) is 2. The number of nitrogens with zero attached hydrogens (tertiary/aromatic N) is 1. The first kappa shape index (κ1) is 23.0. The third-order valence-electron chi connectivity index (χ3n) is 4.52. The number of aromatic hydroxyl groups is 1. The number of para-hydroxylation sites is 1. The second-order valence-corrected chi connectivity index (χ2v) is 6.43. The van der Waals surface area contributed by atoms with E-state index in [2.05, 4.69) is 11.9 Å². The standard InChI is InChI=1S/C13H15NO3.C7H14O.C2H6/c1-3-7-17-12-8-11(16-2)9-5-4-6-10(15)13(9)14-12;1-2-6-3-4-7(8)5-6;1-2/h4-6,8,15H,3,7H2,1-2H3;6-8H,2-5H2,1H3;1-2H3. The molecule has 1 aromatic carbocycles. The van der Waals surface area contributed by atoms with Crippen molar-refractivity contribution in [3.63, 3.8) is 0 Å². The molecule has 0 spiro atoms. The highest BCUT2D eigenvalue weighted by atomic mass is 16.5. The van der Waals surface area contributed by atoms with E-state index in [9.17, 15) is 5.11 Å². The number of aliphatic hydroxyl groups excluding tert-OH is 1.